The number of amides is 1. The highest BCUT2D eigenvalue weighted by atomic mass is 16.6. The van der Waals surface area contributed by atoms with Gasteiger partial charge in [-0.05, 0) is 45.4 Å². The molecule has 19 heavy (non-hydrogen) atoms. The predicted octanol–water partition coefficient (Wildman–Crippen LogP) is 1.99. The molecule has 0 aromatic rings. The Labute approximate surface area is 114 Å². The minimum Gasteiger partial charge on any atom is -0.444 e. The zero-order chi connectivity index (χ0) is 14.3. The van der Waals surface area contributed by atoms with Crippen LogP contribution in [-0.4, -0.2) is 48.7 Å². The van der Waals surface area contributed by atoms with E-state index in [1.807, 2.05) is 20.8 Å². The zero-order valence-corrected chi connectivity index (χ0v) is 12.2. The number of ether oxygens (including phenoxy) is 2. The molecule has 2 fully saturated rings. The van der Waals surface area contributed by atoms with Crippen molar-refractivity contribution in [1.29, 1.82) is 0 Å². The van der Waals surface area contributed by atoms with Crippen LogP contribution >= 0.6 is 0 Å². The molecule has 108 valence electrons. The molecule has 0 aromatic carbocycles. The number of hydrogen-bond donors (Lipinski definition) is 0. The third kappa shape index (κ3) is 3.26. The smallest absolute Gasteiger partial charge is 0.410 e. The van der Waals surface area contributed by atoms with Crippen LogP contribution < -0.4 is 0 Å². The molecule has 5 heteroatoms. The van der Waals surface area contributed by atoms with Crippen LogP contribution in [0, 0.1) is 5.41 Å². The average Bonchev–Trinajstić information content (AvgIpc) is 2.87. The van der Waals surface area contributed by atoms with Crippen LogP contribution in [0.1, 0.15) is 40.0 Å². The first kappa shape index (κ1) is 14.3. The quantitative estimate of drug-likeness (QED) is 0.786. The molecule has 0 aromatic heterocycles. The SMILES string of the molecule is COCC(=O)[C@@H]1CC2(CC2)CN1C(=O)OC(C)(C)C. The summed E-state index contributed by atoms with van der Waals surface area (Å²) in [6.07, 6.45) is 2.58. The van der Waals surface area contributed by atoms with Crippen LogP contribution in [0.25, 0.3) is 0 Å². The molecule has 1 spiro atoms. The molecule has 1 atom stereocenters. The van der Waals surface area contributed by atoms with Gasteiger partial charge in [0.15, 0.2) is 5.78 Å². The first-order chi connectivity index (χ1) is 8.76. The Bertz CT molecular complexity index is 381. The summed E-state index contributed by atoms with van der Waals surface area (Å²) in [6, 6.07) is -0.378. The minimum atomic E-state index is -0.536. The monoisotopic (exact) mass is 269 g/mol. The van der Waals surface area contributed by atoms with E-state index in [4.69, 9.17) is 9.47 Å². The molecule has 0 unspecified atom stereocenters. The third-order valence-electron chi connectivity index (χ3n) is 3.75. The van der Waals surface area contributed by atoms with Crippen molar-refractivity contribution < 1.29 is 19.1 Å². The Balaban J connectivity index is 2.07. The average molecular weight is 269 g/mol. The number of hydrogen-bond acceptors (Lipinski definition) is 4. The summed E-state index contributed by atoms with van der Waals surface area (Å²) in [5.41, 5.74) is -0.365. The van der Waals surface area contributed by atoms with E-state index in [9.17, 15) is 9.59 Å². The maximum Gasteiger partial charge on any atom is 0.410 e. The third-order valence-corrected chi connectivity index (χ3v) is 3.75. The largest absolute Gasteiger partial charge is 0.444 e. The summed E-state index contributed by atoms with van der Waals surface area (Å²) in [6.45, 7) is 6.20. The molecule has 1 saturated carbocycles. The number of ketones is 1. The number of carbonyl (C=O) groups excluding carboxylic acids is 2. The van der Waals surface area contributed by atoms with Crippen molar-refractivity contribution in [3.05, 3.63) is 0 Å². The van der Waals surface area contributed by atoms with Crippen molar-refractivity contribution in [2.24, 2.45) is 5.41 Å². The number of nitrogens with zero attached hydrogens (tertiary/aromatic N) is 1. The molecule has 1 amide bonds. The van der Waals surface area contributed by atoms with Gasteiger partial charge >= 0.3 is 6.09 Å². The van der Waals surface area contributed by atoms with Gasteiger partial charge < -0.3 is 9.47 Å². The van der Waals surface area contributed by atoms with Gasteiger partial charge in [0.05, 0.1) is 6.04 Å². The first-order valence-electron chi connectivity index (χ1n) is 6.78. The second-order valence-electron chi connectivity index (χ2n) is 6.73. The van der Waals surface area contributed by atoms with E-state index in [0.717, 1.165) is 19.3 Å². The van der Waals surface area contributed by atoms with Gasteiger partial charge in [0, 0.05) is 13.7 Å². The fourth-order valence-corrected chi connectivity index (χ4v) is 2.63. The van der Waals surface area contributed by atoms with E-state index >= 15 is 0 Å². The number of Topliss-reactive ketones (excluding diaryl/α,β-unsaturated/α-hetero) is 1. The standard InChI is InChI=1S/C14H23NO4/c1-13(2,3)19-12(17)15-9-14(5-6-14)7-10(15)11(16)8-18-4/h10H,5-9H2,1-4H3/t10-/m0/s1. The highest BCUT2D eigenvalue weighted by Gasteiger charge is 2.55. The Kier molecular flexibility index (Phi) is 3.60. The number of methoxy groups -OCH3 is 1. The van der Waals surface area contributed by atoms with Gasteiger partial charge in [-0.1, -0.05) is 0 Å². The van der Waals surface area contributed by atoms with E-state index in [0.29, 0.717) is 6.54 Å². The van der Waals surface area contributed by atoms with Gasteiger partial charge in [0.1, 0.15) is 12.2 Å². The lowest BCUT2D eigenvalue weighted by Gasteiger charge is -2.27. The second-order valence-corrected chi connectivity index (χ2v) is 6.73. The summed E-state index contributed by atoms with van der Waals surface area (Å²) < 4.78 is 10.3. The van der Waals surface area contributed by atoms with Crippen LogP contribution in [0.3, 0.4) is 0 Å². The first-order valence-corrected chi connectivity index (χ1v) is 6.78. The Morgan fingerprint density at radius 2 is 1.95 bits per heavy atom. The van der Waals surface area contributed by atoms with Crippen LogP contribution in [0.15, 0.2) is 0 Å². The molecule has 0 radical (unpaired) electrons. The van der Waals surface area contributed by atoms with E-state index in [-0.39, 0.29) is 29.9 Å². The summed E-state index contributed by atoms with van der Waals surface area (Å²) >= 11 is 0. The van der Waals surface area contributed by atoms with E-state index in [2.05, 4.69) is 0 Å². The lowest BCUT2D eigenvalue weighted by Crippen LogP contribution is -2.44. The van der Waals surface area contributed by atoms with Crippen LogP contribution in [0.4, 0.5) is 4.79 Å². The molecule has 5 nitrogen and oxygen atoms in total. The topological polar surface area (TPSA) is 55.8 Å². The maximum atomic E-state index is 12.2. The fraction of sp³-hybridized carbons (Fsp3) is 0.857. The Morgan fingerprint density at radius 1 is 1.32 bits per heavy atom. The maximum absolute atomic E-state index is 12.2. The second kappa shape index (κ2) is 4.78. The van der Waals surface area contributed by atoms with Crippen molar-refractivity contribution in [3.63, 3.8) is 0 Å². The summed E-state index contributed by atoms with van der Waals surface area (Å²) in [5.74, 6) is -0.0304. The summed E-state index contributed by atoms with van der Waals surface area (Å²) in [7, 11) is 1.50. The van der Waals surface area contributed by atoms with Crippen LogP contribution in [0.5, 0.6) is 0 Å². The molecule has 2 rings (SSSR count). The van der Waals surface area contributed by atoms with Crippen molar-refractivity contribution in [1.82, 2.24) is 4.90 Å². The van der Waals surface area contributed by atoms with Crippen molar-refractivity contribution >= 4 is 11.9 Å². The molecular weight excluding hydrogens is 246 g/mol. The molecule has 1 heterocycles. The lowest BCUT2D eigenvalue weighted by molar-refractivity contribution is -0.127. The predicted molar refractivity (Wildman–Crippen MR) is 69.9 cm³/mol. The number of likely N-dealkylation sites (tertiary alicyclic amines) is 1. The van der Waals surface area contributed by atoms with Crippen molar-refractivity contribution in [2.45, 2.75) is 51.7 Å². The zero-order valence-electron chi connectivity index (χ0n) is 12.2. The molecule has 0 N–H and O–H groups in total. The summed E-state index contributed by atoms with van der Waals surface area (Å²) in [5, 5.41) is 0. The van der Waals surface area contributed by atoms with Gasteiger partial charge in [0.2, 0.25) is 0 Å². The molecule has 1 aliphatic carbocycles. The van der Waals surface area contributed by atoms with Gasteiger partial charge in [-0.15, -0.1) is 0 Å². The molecule has 2 aliphatic rings. The highest BCUT2D eigenvalue weighted by Crippen LogP contribution is 2.55. The normalized spacial score (nSPS) is 24.6. The van der Waals surface area contributed by atoms with Gasteiger partial charge in [-0.2, -0.15) is 0 Å². The van der Waals surface area contributed by atoms with Gasteiger partial charge in [-0.3, -0.25) is 9.69 Å². The van der Waals surface area contributed by atoms with E-state index < -0.39 is 5.60 Å². The highest BCUT2D eigenvalue weighted by molar-refractivity contribution is 5.89. The molecule has 0 bridgehead atoms. The summed E-state index contributed by atoms with van der Waals surface area (Å²) in [4.78, 5) is 25.9. The van der Waals surface area contributed by atoms with Gasteiger partial charge in [-0.25, -0.2) is 4.79 Å². The van der Waals surface area contributed by atoms with Crippen molar-refractivity contribution in [3.8, 4) is 0 Å². The lowest BCUT2D eigenvalue weighted by atomic mass is 10.0. The molecular formula is C14H23NO4. The van der Waals surface area contributed by atoms with E-state index in [1.54, 1.807) is 4.90 Å². The fourth-order valence-electron chi connectivity index (χ4n) is 2.63. The van der Waals surface area contributed by atoms with Gasteiger partial charge in [0.25, 0.3) is 0 Å². The van der Waals surface area contributed by atoms with E-state index in [1.165, 1.54) is 7.11 Å². The number of rotatable bonds is 3. The molecule has 1 saturated heterocycles. The minimum absolute atomic E-state index is 0.0304. The Morgan fingerprint density at radius 3 is 2.42 bits per heavy atom. The molecule has 1 aliphatic heterocycles. The van der Waals surface area contributed by atoms with Crippen LogP contribution in [0.2, 0.25) is 0 Å². The van der Waals surface area contributed by atoms with Crippen LogP contribution in [-0.2, 0) is 14.3 Å². The van der Waals surface area contributed by atoms with Crippen molar-refractivity contribution in [2.75, 3.05) is 20.3 Å². The number of carbonyl (C=O) groups is 2. The Hall–Kier alpha value is -1.10.